The molecule has 0 unspecified atom stereocenters. The van der Waals surface area contributed by atoms with E-state index in [1.165, 1.54) is 90.3 Å². The summed E-state index contributed by atoms with van der Waals surface area (Å²) in [4.78, 5) is 2.50. The van der Waals surface area contributed by atoms with E-state index in [9.17, 15) is 0 Å². The molecule has 8 aromatic carbocycles. The van der Waals surface area contributed by atoms with E-state index in [0.717, 1.165) is 12.1 Å². The number of anilines is 3. The number of benzene rings is 8. The standard InChI is InChI=1S/C48H33NS2/c1-2-31-23-25-34(26-24-31)38-16-8-17-41-42-19-10-21-44(48(42)51-46(38)41)49(43-20-9-18-40-39-14-5-6-22-45(39)50-47(40)43)35-29-27-33(28-30-35)37-15-7-12-32-11-3-4-13-36(32)37/h3-30H,2H2,1H3. The molecule has 0 aliphatic carbocycles. The van der Waals surface area contributed by atoms with Gasteiger partial charge in [0.2, 0.25) is 0 Å². The Hall–Kier alpha value is -5.74. The van der Waals surface area contributed by atoms with Gasteiger partial charge in [-0.2, -0.15) is 0 Å². The van der Waals surface area contributed by atoms with Crippen molar-refractivity contribution in [3.63, 3.8) is 0 Å². The number of nitrogens with zero attached hydrogens (tertiary/aromatic N) is 1. The van der Waals surface area contributed by atoms with Gasteiger partial charge in [0.1, 0.15) is 0 Å². The van der Waals surface area contributed by atoms with E-state index in [1.807, 2.05) is 22.7 Å². The molecule has 0 radical (unpaired) electrons. The zero-order chi connectivity index (χ0) is 33.9. The average Bonchev–Trinajstić information content (AvgIpc) is 3.78. The third-order valence-electron chi connectivity index (χ3n) is 10.3. The summed E-state index contributed by atoms with van der Waals surface area (Å²) in [5.41, 5.74) is 9.93. The van der Waals surface area contributed by atoms with Crippen LogP contribution in [0.4, 0.5) is 17.1 Å². The Morgan fingerprint density at radius 2 is 0.941 bits per heavy atom. The van der Waals surface area contributed by atoms with Crippen LogP contribution in [0.2, 0.25) is 0 Å². The molecule has 0 aliphatic rings. The first-order valence-corrected chi connectivity index (χ1v) is 19.2. The summed E-state index contributed by atoms with van der Waals surface area (Å²) in [5.74, 6) is 0. The fraction of sp³-hybridized carbons (Fsp3) is 0.0417. The van der Waals surface area contributed by atoms with E-state index in [2.05, 4.69) is 182 Å². The highest BCUT2D eigenvalue weighted by molar-refractivity contribution is 7.27. The van der Waals surface area contributed by atoms with E-state index in [1.54, 1.807) is 0 Å². The first-order valence-electron chi connectivity index (χ1n) is 17.6. The van der Waals surface area contributed by atoms with Gasteiger partial charge in [-0.15, -0.1) is 22.7 Å². The van der Waals surface area contributed by atoms with Crippen LogP contribution in [0.15, 0.2) is 170 Å². The second-order valence-electron chi connectivity index (χ2n) is 13.1. The van der Waals surface area contributed by atoms with Crippen molar-refractivity contribution in [2.24, 2.45) is 0 Å². The molecule has 3 heteroatoms. The summed E-state index contributed by atoms with van der Waals surface area (Å²) >= 11 is 3.79. The normalized spacial score (nSPS) is 11.7. The molecular formula is C48H33NS2. The second-order valence-corrected chi connectivity index (χ2v) is 15.2. The van der Waals surface area contributed by atoms with Crippen molar-refractivity contribution in [3.05, 3.63) is 175 Å². The Bertz CT molecular complexity index is 2890. The fourth-order valence-electron chi connectivity index (χ4n) is 7.71. The molecule has 2 aromatic heterocycles. The molecule has 10 rings (SSSR count). The van der Waals surface area contributed by atoms with Crippen LogP contribution >= 0.6 is 22.7 Å². The molecule has 0 aliphatic heterocycles. The summed E-state index contributed by atoms with van der Waals surface area (Å²) in [7, 11) is 0. The van der Waals surface area contributed by atoms with Crippen LogP contribution in [0.3, 0.4) is 0 Å². The number of aryl methyl sites for hydroxylation is 1. The van der Waals surface area contributed by atoms with Gasteiger partial charge in [0.15, 0.2) is 0 Å². The minimum absolute atomic E-state index is 1.04. The van der Waals surface area contributed by atoms with Crippen molar-refractivity contribution in [2.75, 3.05) is 4.90 Å². The smallest absolute Gasteiger partial charge is 0.0640 e. The molecule has 0 fully saturated rings. The van der Waals surface area contributed by atoms with Crippen molar-refractivity contribution in [3.8, 4) is 22.3 Å². The Morgan fingerprint density at radius 1 is 0.412 bits per heavy atom. The fourth-order valence-corrected chi connectivity index (χ4v) is 10.3. The number of hydrogen-bond donors (Lipinski definition) is 0. The lowest BCUT2D eigenvalue weighted by atomic mass is 9.98. The average molecular weight is 688 g/mol. The van der Waals surface area contributed by atoms with Gasteiger partial charge in [0, 0.05) is 36.6 Å². The number of hydrogen-bond acceptors (Lipinski definition) is 3. The molecule has 2 heterocycles. The van der Waals surface area contributed by atoms with Gasteiger partial charge < -0.3 is 4.90 Å². The summed E-state index contributed by atoms with van der Waals surface area (Å²) < 4.78 is 5.23. The molecule has 0 bridgehead atoms. The Labute approximate surface area is 305 Å². The molecule has 1 nitrogen and oxygen atoms in total. The first kappa shape index (κ1) is 30.1. The molecule has 10 aromatic rings. The lowest BCUT2D eigenvalue weighted by Crippen LogP contribution is -2.10. The van der Waals surface area contributed by atoms with Crippen LogP contribution in [0.5, 0.6) is 0 Å². The van der Waals surface area contributed by atoms with Gasteiger partial charge in [-0.25, -0.2) is 0 Å². The Morgan fingerprint density at radius 3 is 1.71 bits per heavy atom. The lowest BCUT2D eigenvalue weighted by molar-refractivity contribution is 1.14. The van der Waals surface area contributed by atoms with E-state index >= 15 is 0 Å². The summed E-state index contributed by atoms with van der Waals surface area (Å²) in [6.45, 7) is 2.21. The van der Waals surface area contributed by atoms with E-state index in [-0.39, 0.29) is 0 Å². The number of thiophene rings is 2. The highest BCUT2D eigenvalue weighted by Crippen LogP contribution is 2.50. The molecule has 0 amide bonds. The molecule has 0 saturated heterocycles. The second kappa shape index (κ2) is 12.2. The molecule has 0 atom stereocenters. The van der Waals surface area contributed by atoms with Crippen LogP contribution in [-0.2, 0) is 6.42 Å². The predicted octanol–water partition coefficient (Wildman–Crippen LogP) is 14.9. The molecule has 0 saturated carbocycles. The van der Waals surface area contributed by atoms with Gasteiger partial charge in [0.25, 0.3) is 0 Å². The molecule has 242 valence electrons. The maximum atomic E-state index is 2.50. The van der Waals surface area contributed by atoms with Gasteiger partial charge in [-0.1, -0.05) is 146 Å². The Kier molecular flexibility index (Phi) is 7.23. The monoisotopic (exact) mass is 687 g/mol. The number of rotatable bonds is 6. The van der Waals surface area contributed by atoms with Crippen LogP contribution in [0.1, 0.15) is 12.5 Å². The zero-order valence-corrected chi connectivity index (χ0v) is 29.8. The Balaban J connectivity index is 1.20. The largest absolute Gasteiger partial charge is 0.308 e. The topological polar surface area (TPSA) is 3.24 Å². The SMILES string of the molecule is CCc1ccc(-c2cccc3c2sc2c(N(c4ccc(-c5cccc6ccccc56)cc4)c4cccc5c4sc4ccccc45)cccc23)cc1. The van der Waals surface area contributed by atoms with Crippen molar-refractivity contribution < 1.29 is 0 Å². The van der Waals surface area contributed by atoms with Crippen LogP contribution in [0.25, 0.3) is 73.4 Å². The molecular weight excluding hydrogens is 655 g/mol. The number of fused-ring (bicyclic) bond motifs is 7. The maximum Gasteiger partial charge on any atom is 0.0640 e. The third kappa shape index (κ3) is 4.96. The summed E-state index contributed by atoms with van der Waals surface area (Å²) in [6, 6.07) is 62.7. The molecule has 0 spiro atoms. The predicted molar refractivity (Wildman–Crippen MR) is 225 cm³/mol. The summed E-state index contributed by atoms with van der Waals surface area (Å²) in [5, 5.41) is 7.74. The quantitative estimate of drug-likeness (QED) is 0.168. The van der Waals surface area contributed by atoms with Crippen LogP contribution < -0.4 is 4.90 Å². The summed E-state index contributed by atoms with van der Waals surface area (Å²) in [6.07, 6.45) is 1.04. The van der Waals surface area contributed by atoms with E-state index in [4.69, 9.17) is 0 Å². The van der Waals surface area contributed by atoms with Gasteiger partial charge >= 0.3 is 0 Å². The minimum atomic E-state index is 1.04. The lowest BCUT2D eigenvalue weighted by Gasteiger charge is -2.27. The van der Waals surface area contributed by atoms with Gasteiger partial charge in [-0.05, 0) is 75.3 Å². The van der Waals surface area contributed by atoms with Crippen LogP contribution in [-0.4, -0.2) is 0 Å². The molecule has 51 heavy (non-hydrogen) atoms. The third-order valence-corrected chi connectivity index (χ3v) is 12.8. The minimum Gasteiger partial charge on any atom is -0.308 e. The molecule has 0 N–H and O–H groups in total. The van der Waals surface area contributed by atoms with Crippen molar-refractivity contribution in [2.45, 2.75) is 13.3 Å². The van der Waals surface area contributed by atoms with Crippen LogP contribution in [0, 0.1) is 0 Å². The van der Waals surface area contributed by atoms with E-state index in [0.29, 0.717) is 0 Å². The maximum absolute atomic E-state index is 2.50. The van der Waals surface area contributed by atoms with Gasteiger partial charge in [0.05, 0.1) is 20.8 Å². The highest BCUT2D eigenvalue weighted by Gasteiger charge is 2.22. The highest BCUT2D eigenvalue weighted by atomic mass is 32.1. The zero-order valence-electron chi connectivity index (χ0n) is 28.1. The van der Waals surface area contributed by atoms with Crippen molar-refractivity contribution >= 4 is 90.9 Å². The van der Waals surface area contributed by atoms with Crippen molar-refractivity contribution in [1.29, 1.82) is 0 Å². The van der Waals surface area contributed by atoms with E-state index < -0.39 is 0 Å². The van der Waals surface area contributed by atoms with Gasteiger partial charge in [-0.3, -0.25) is 0 Å². The first-order chi connectivity index (χ1) is 25.2. The van der Waals surface area contributed by atoms with Crippen molar-refractivity contribution in [1.82, 2.24) is 0 Å².